The van der Waals surface area contributed by atoms with Gasteiger partial charge in [-0.3, -0.25) is 14.5 Å². The van der Waals surface area contributed by atoms with Gasteiger partial charge in [-0.1, -0.05) is 29.8 Å². The minimum Gasteiger partial charge on any atom is -0.480 e. The Morgan fingerprint density at radius 3 is 2.44 bits per heavy atom. The summed E-state index contributed by atoms with van der Waals surface area (Å²) in [6.45, 7) is 2.88. The number of morpholine rings is 1. The third-order valence-electron chi connectivity index (χ3n) is 5.85. The van der Waals surface area contributed by atoms with Crippen LogP contribution in [0.2, 0.25) is 5.02 Å². The van der Waals surface area contributed by atoms with Crippen LogP contribution in [0.3, 0.4) is 0 Å². The molecule has 12 heteroatoms. The maximum Gasteiger partial charge on any atom is 0.329 e. The fourth-order valence-corrected chi connectivity index (χ4v) is 4.03. The summed E-state index contributed by atoms with van der Waals surface area (Å²) in [5.74, 6) is -2.18. The number of carboxylic acids is 1. The molecular formula is C27H30ClN3O8. The summed E-state index contributed by atoms with van der Waals surface area (Å²) in [5, 5.41) is 19.1. The van der Waals surface area contributed by atoms with Gasteiger partial charge in [-0.25, -0.2) is 9.59 Å². The number of hydrogen-bond acceptors (Lipinski definition) is 8. The normalized spacial score (nSPS) is 14.1. The topological polar surface area (TPSA) is 158 Å². The van der Waals surface area contributed by atoms with Crippen molar-refractivity contribution in [3.05, 3.63) is 81.1 Å². The number of amides is 1. The number of pyridine rings is 1. The Hall–Kier alpha value is -3.77. The molecule has 4 N–H and O–H groups in total. The maximum atomic E-state index is 13.0. The van der Waals surface area contributed by atoms with E-state index in [0.717, 1.165) is 18.5 Å². The summed E-state index contributed by atoms with van der Waals surface area (Å²) >= 11 is 5.92. The number of H-pyrrole nitrogens is 1. The smallest absolute Gasteiger partial charge is 0.329 e. The van der Waals surface area contributed by atoms with Gasteiger partial charge in [0.25, 0.3) is 5.91 Å². The predicted molar refractivity (Wildman–Crippen MR) is 144 cm³/mol. The van der Waals surface area contributed by atoms with Gasteiger partial charge in [0.2, 0.25) is 5.56 Å². The number of rotatable bonds is 9. The number of benzene rings is 2. The van der Waals surface area contributed by atoms with Gasteiger partial charge in [0.1, 0.15) is 19.3 Å². The predicted octanol–water partition coefficient (Wildman–Crippen LogP) is 1.46. The molecule has 39 heavy (non-hydrogen) atoms. The van der Waals surface area contributed by atoms with Crippen LogP contribution in [0.1, 0.15) is 15.9 Å². The van der Waals surface area contributed by atoms with E-state index >= 15 is 0 Å². The van der Waals surface area contributed by atoms with Crippen molar-refractivity contribution in [1.29, 1.82) is 0 Å². The monoisotopic (exact) mass is 559 g/mol. The van der Waals surface area contributed by atoms with Crippen LogP contribution in [0, 0.1) is 0 Å². The molecule has 208 valence electrons. The van der Waals surface area contributed by atoms with E-state index < -0.39 is 30.5 Å². The number of carbonyl (C=O) groups excluding carboxylic acids is 2. The number of aliphatic carboxylic acids is 1. The molecule has 1 aliphatic rings. The molecule has 2 heterocycles. The van der Waals surface area contributed by atoms with Crippen LogP contribution in [-0.2, 0) is 25.5 Å². The van der Waals surface area contributed by atoms with E-state index in [1.807, 2.05) is 18.2 Å². The van der Waals surface area contributed by atoms with Gasteiger partial charge in [-0.05, 0) is 35.9 Å². The average Bonchev–Trinajstić information content (AvgIpc) is 2.93. The van der Waals surface area contributed by atoms with E-state index in [1.54, 1.807) is 30.3 Å². The molecule has 1 aliphatic heterocycles. The molecule has 11 nitrogen and oxygen atoms in total. The van der Waals surface area contributed by atoms with E-state index in [9.17, 15) is 14.4 Å². The molecular weight excluding hydrogens is 530 g/mol. The van der Waals surface area contributed by atoms with Crippen LogP contribution in [0.15, 0.2) is 59.4 Å². The Bertz CT molecular complexity index is 1320. The number of aromatic nitrogens is 1. The first kappa shape index (κ1) is 29.8. The number of carboxylic acid groups (broad SMARTS) is 1. The molecule has 0 spiro atoms. The Morgan fingerprint density at radius 2 is 1.77 bits per heavy atom. The summed E-state index contributed by atoms with van der Waals surface area (Å²) < 4.78 is 10.9. The Balaban J connectivity index is 0.000000771. The fourth-order valence-electron chi connectivity index (χ4n) is 3.90. The first-order valence-electron chi connectivity index (χ1n) is 12.2. The molecule has 0 bridgehead atoms. The molecule has 0 radical (unpaired) electrons. The zero-order valence-electron chi connectivity index (χ0n) is 21.1. The quantitative estimate of drug-likeness (QED) is 0.285. The van der Waals surface area contributed by atoms with Crippen LogP contribution >= 0.6 is 11.6 Å². The van der Waals surface area contributed by atoms with Crippen molar-refractivity contribution in [2.24, 2.45) is 0 Å². The highest BCUT2D eigenvalue weighted by molar-refractivity contribution is 6.30. The number of carbonyl (C=O) groups is 3. The van der Waals surface area contributed by atoms with Crippen molar-refractivity contribution < 1.29 is 34.1 Å². The lowest BCUT2D eigenvalue weighted by atomic mass is 10.0. The van der Waals surface area contributed by atoms with Gasteiger partial charge in [-0.15, -0.1) is 0 Å². The van der Waals surface area contributed by atoms with Crippen molar-refractivity contribution in [3.63, 3.8) is 0 Å². The molecule has 3 aromatic rings. The lowest BCUT2D eigenvalue weighted by molar-refractivity contribution is -0.146. The Kier molecular flexibility index (Phi) is 11.4. The summed E-state index contributed by atoms with van der Waals surface area (Å²) in [4.78, 5) is 52.2. The molecule has 1 saturated heterocycles. The Labute approximate surface area is 229 Å². The molecule has 1 fully saturated rings. The van der Waals surface area contributed by atoms with Crippen molar-refractivity contribution >= 4 is 40.3 Å². The van der Waals surface area contributed by atoms with E-state index in [0.29, 0.717) is 41.4 Å². The van der Waals surface area contributed by atoms with Gasteiger partial charge < -0.3 is 30.0 Å². The van der Waals surface area contributed by atoms with Gasteiger partial charge in [0, 0.05) is 53.6 Å². The van der Waals surface area contributed by atoms with Gasteiger partial charge in [0.15, 0.2) is 0 Å². The third-order valence-corrected chi connectivity index (χ3v) is 6.10. The second-order valence-corrected chi connectivity index (χ2v) is 9.05. The zero-order valence-corrected chi connectivity index (χ0v) is 21.9. The molecule has 4 rings (SSSR count). The molecule has 0 saturated carbocycles. The van der Waals surface area contributed by atoms with E-state index in [1.165, 1.54) is 6.07 Å². The number of nitrogens with zero attached hydrogens (tertiary/aromatic N) is 1. The van der Waals surface area contributed by atoms with Crippen LogP contribution in [-0.4, -0.2) is 90.0 Å². The van der Waals surface area contributed by atoms with E-state index in [-0.39, 0.29) is 18.6 Å². The highest BCUT2D eigenvalue weighted by Gasteiger charge is 2.25. The summed E-state index contributed by atoms with van der Waals surface area (Å²) in [6.07, 6.45) is 0.111. The van der Waals surface area contributed by atoms with E-state index in [4.69, 9.17) is 36.1 Å². The SMILES string of the molecule is O=C(NC(Cc1cc(=O)[nH]c2ccccc12)C(=O)OCCN1CCOCC1)c1ccc(Cl)cc1.O=C(O)CO. The second kappa shape index (κ2) is 15.0. The van der Waals surface area contributed by atoms with Gasteiger partial charge in [-0.2, -0.15) is 0 Å². The minimum absolute atomic E-state index is 0.111. The maximum absolute atomic E-state index is 13.0. The lowest BCUT2D eigenvalue weighted by Gasteiger charge is -2.26. The van der Waals surface area contributed by atoms with Crippen LogP contribution in [0.25, 0.3) is 10.9 Å². The number of halogens is 1. The first-order valence-corrected chi connectivity index (χ1v) is 12.6. The minimum atomic E-state index is -1.19. The molecule has 1 amide bonds. The highest BCUT2D eigenvalue weighted by atomic mass is 35.5. The largest absolute Gasteiger partial charge is 0.480 e. The molecule has 2 aromatic carbocycles. The first-order chi connectivity index (χ1) is 18.8. The van der Waals surface area contributed by atoms with Gasteiger partial charge >= 0.3 is 11.9 Å². The number of esters is 1. The summed E-state index contributed by atoms with van der Waals surface area (Å²) in [5.41, 5.74) is 1.39. The number of para-hydroxylation sites is 1. The van der Waals surface area contributed by atoms with Crippen LogP contribution in [0.5, 0.6) is 0 Å². The van der Waals surface area contributed by atoms with E-state index in [2.05, 4.69) is 15.2 Å². The van der Waals surface area contributed by atoms with Crippen molar-refractivity contribution in [1.82, 2.24) is 15.2 Å². The number of aliphatic hydroxyl groups is 1. The summed E-state index contributed by atoms with van der Waals surface area (Å²) in [7, 11) is 0. The Morgan fingerprint density at radius 1 is 1.10 bits per heavy atom. The fraction of sp³-hybridized carbons (Fsp3) is 0.333. The summed E-state index contributed by atoms with van der Waals surface area (Å²) in [6, 6.07) is 14.2. The van der Waals surface area contributed by atoms with Gasteiger partial charge in [0.05, 0.1) is 13.2 Å². The number of hydrogen-bond donors (Lipinski definition) is 4. The molecule has 1 aromatic heterocycles. The standard InChI is InChI=1S/C25H26ClN3O5.C2H4O3/c26-19-7-5-17(6-8-19)24(31)28-22(25(32)34-14-11-29-9-12-33-13-10-29)15-18-16-23(30)27-21-4-2-1-3-20(18)21;3-1-2(4)5/h1-8,16,22H,9-15H2,(H,27,30)(H,28,31);3H,1H2,(H,4,5). The third kappa shape index (κ3) is 9.48. The van der Waals surface area contributed by atoms with Crippen molar-refractivity contribution in [3.8, 4) is 0 Å². The van der Waals surface area contributed by atoms with Crippen LogP contribution < -0.4 is 10.9 Å². The molecule has 1 atom stereocenters. The average molecular weight is 560 g/mol. The number of nitrogens with one attached hydrogen (secondary N) is 2. The zero-order chi connectivity index (χ0) is 28.2. The number of ether oxygens (including phenoxy) is 2. The highest BCUT2D eigenvalue weighted by Crippen LogP contribution is 2.17. The number of aromatic amines is 1. The molecule has 0 aliphatic carbocycles. The lowest BCUT2D eigenvalue weighted by Crippen LogP contribution is -2.44. The second-order valence-electron chi connectivity index (χ2n) is 8.61. The molecule has 1 unspecified atom stereocenters. The number of fused-ring (bicyclic) bond motifs is 1. The van der Waals surface area contributed by atoms with Crippen LogP contribution in [0.4, 0.5) is 0 Å². The van der Waals surface area contributed by atoms with Crippen molar-refractivity contribution in [2.75, 3.05) is 46.1 Å². The van der Waals surface area contributed by atoms with Crippen molar-refractivity contribution in [2.45, 2.75) is 12.5 Å². The number of aliphatic hydroxyl groups excluding tert-OH is 1.